The molecule has 0 atom stereocenters. The highest BCUT2D eigenvalue weighted by molar-refractivity contribution is 5.85. The van der Waals surface area contributed by atoms with E-state index in [4.69, 9.17) is 5.11 Å². The van der Waals surface area contributed by atoms with Crippen LogP contribution >= 0.6 is 0 Å². The lowest BCUT2D eigenvalue weighted by atomic mass is 10.2. The largest absolute Gasteiger partial charge is 0.477 e. The molecule has 0 saturated heterocycles. The molecule has 0 bridgehead atoms. The highest BCUT2D eigenvalue weighted by Crippen LogP contribution is 2.06. The zero-order valence-electron chi connectivity index (χ0n) is 10.5. The van der Waals surface area contributed by atoms with Gasteiger partial charge in [-0.1, -0.05) is 19.9 Å². The third kappa shape index (κ3) is 4.53. The second kappa shape index (κ2) is 7.01. The Labute approximate surface area is 102 Å². The van der Waals surface area contributed by atoms with Crippen molar-refractivity contribution in [1.29, 1.82) is 0 Å². The molecule has 0 fully saturated rings. The normalized spacial score (nSPS) is 10.8. The Morgan fingerprint density at radius 1 is 1.29 bits per heavy atom. The molecular formula is C13H20N2O2. The van der Waals surface area contributed by atoms with E-state index in [1.54, 1.807) is 12.3 Å². The first-order valence-electron chi connectivity index (χ1n) is 6.08. The van der Waals surface area contributed by atoms with E-state index in [9.17, 15) is 4.79 Å². The predicted molar refractivity (Wildman–Crippen MR) is 67.1 cm³/mol. The third-order valence-corrected chi connectivity index (χ3v) is 2.53. The van der Waals surface area contributed by atoms with Gasteiger partial charge in [-0.3, -0.25) is 4.90 Å². The Hall–Kier alpha value is -1.42. The van der Waals surface area contributed by atoms with Gasteiger partial charge in [0.2, 0.25) is 0 Å². The fourth-order valence-corrected chi connectivity index (χ4v) is 1.81. The second-order valence-corrected chi connectivity index (χ2v) is 4.13. The highest BCUT2D eigenvalue weighted by atomic mass is 16.4. The second-order valence-electron chi connectivity index (χ2n) is 4.13. The van der Waals surface area contributed by atoms with Gasteiger partial charge in [-0.15, -0.1) is 0 Å². The molecule has 94 valence electrons. The van der Waals surface area contributed by atoms with Crippen LogP contribution in [-0.4, -0.2) is 34.0 Å². The van der Waals surface area contributed by atoms with Gasteiger partial charge in [0, 0.05) is 12.7 Å². The quantitative estimate of drug-likeness (QED) is 0.789. The van der Waals surface area contributed by atoms with Crippen LogP contribution in [-0.2, 0) is 6.54 Å². The van der Waals surface area contributed by atoms with Crippen molar-refractivity contribution in [3.8, 4) is 0 Å². The fraction of sp³-hybridized carbons (Fsp3) is 0.538. The van der Waals surface area contributed by atoms with E-state index in [0.29, 0.717) is 0 Å². The minimum absolute atomic E-state index is 0.103. The molecule has 0 aliphatic rings. The van der Waals surface area contributed by atoms with Gasteiger partial charge < -0.3 is 5.11 Å². The molecule has 0 aliphatic heterocycles. The van der Waals surface area contributed by atoms with Crippen LogP contribution in [0.25, 0.3) is 0 Å². The number of hydrogen-bond donors (Lipinski definition) is 1. The number of aromatic nitrogens is 1. The van der Waals surface area contributed by atoms with Crippen LogP contribution in [0, 0.1) is 0 Å². The summed E-state index contributed by atoms with van der Waals surface area (Å²) in [7, 11) is 0. The fourth-order valence-electron chi connectivity index (χ4n) is 1.81. The summed E-state index contributed by atoms with van der Waals surface area (Å²) in [6.07, 6.45) is 3.91. The van der Waals surface area contributed by atoms with Crippen molar-refractivity contribution in [2.24, 2.45) is 0 Å². The molecule has 0 amide bonds. The summed E-state index contributed by atoms with van der Waals surface area (Å²) in [5.74, 6) is -0.976. The van der Waals surface area contributed by atoms with Gasteiger partial charge in [0.15, 0.2) is 0 Å². The number of carboxylic acids is 1. The van der Waals surface area contributed by atoms with Crippen molar-refractivity contribution in [3.63, 3.8) is 0 Å². The number of aromatic carboxylic acids is 1. The first-order valence-corrected chi connectivity index (χ1v) is 6.08. The van der Waals surface area contributed by atoms with Gasteiger partial charge in [-0.05, 0) is 37.6 Å². The average molecular weight is 236 g/mol. The van der Waals surface area contributed by atoms with Crippen molar-refractivity contribution in [3.05, 3.63) is 29.6 Å². The lowest BCUT2D eigenvalue weighted by Crippen LogP contribution is -2.25. The molecule has 0 spiro atoms. The van der Waals surface area contributed by atoms with Crippen molar-refractivity contribution in [2.75, 3.05) is 13.1 Å². The van der Waals surface area contributed by atoms with Crippen LogP contribution < -0.4 is 0 Å². The molecule has 4 heteroatoms. The molecular weight excluding hydrogens is 216 g/mol. The highest BCUT2D eigenvalue weighted by Gasteiger charge is 2.06. The molecule has 4 nitrogen and oxygen atoms in total. The minimum atomic E-state index is -0.976. The van der Waals surface area contributed by atoms with Crippen LogP contribution in [0.1, 0.15) is 42.7 Å². The van der Waals surface area contributed by atoms with E-state index in [0.717, 1.165) is 38.0 Å². The van der Waals surface area contributed by atoms with Crippen LogP contribution in [0.3, 0.4) is 0 Å². The maximum atomic E-state index is 10.7. The van der Waals surface area contributed by atoms with E-state index in [1.807, 2.05) is 6.07 Å². The summed E-state index contributed by atoms with van der Waals surface area (Å²) in [6, 6.07) is 3.41. The summed E-state index contributed by atoms with van der Waals surface area (Å²) < 4.78 is 0. The molecule has 1 aromatic rings. The summed E-state index contributed by atoms with van der Waals surface area (Å²) in [6.45, 7) is 7.29. The standard InChI is InChI=1S/C13H20N2O2/c1-3-7-15(8-4-2)10-11-5-6-12(13(16)17)14-9-11/h5-6,9H,3-4,7-8,10H2,1-2H3,(H,16,17). The van der Waals surface area contributed by atoms with Crippen LogP contribution in [0.2, 0.25) is 0 Å². The monoisotopic (exact) mass is 236 g/mol. The van der Waals surface area contributed by atoms with Crippen molar-refractivity contribution in [1.82, 2.24) is 9.88 Å². The van der Waals surface area contributed by atoms with Gasteiger partial charge in [0.1, 0.15) is 5.69 Å². The Morgan fingerprint density at radius 2 is 1.94 bits per heavy atom. The van der Waals surface area contributed by atoms with Crippen LogP contribution in [0.15, 0.2) is 18.3 Å². The Balaban J connectivity index is 2.62. The third-order valence-electron chi connectivity index (χ3n) is 2.53. The molecule has 0 saturated carbocycles. The molecule has 0 aliphatic carbocycles. The first-order chi connectivity index (χ1) is 8.17. The molecule has 0 radical (unpaired) electrons. The Kier molecular flexibility index (Phi) is 5.63. The van der Waals surface area contributed by atoms with Crippen molar-refractivity contribution < 1.29 is 9.90 Å². The molecule has 1 aromatic heterocycles. The van der Waals surface area contributed by atoms with Crippen LogP contribution in [0.4, 0.5) is 0 Å². The van der Waals surface area contributed by atoms with Gasteiger partial charge in [-0.25, -0.2) is 9.78 Å². The lowest BCUT2D eigenvalue weighted by Gasteiger charge is -2.20. The molecule has 17 heavy (non-hydrogen) atoms. The number of pyridine rings is 1. The average Bonchev–Trinajstić information content (AvgIpc) is 2.30. The smallest absolute Gasteiger partial charge is 0.354 e. The number of carboxylic acid groups (broad SMARTS) is 1. The molecule has 1 heterocycles. The maximum Gasteiger partial charge on any atom is 0.354 e. The maximum absolute atomic E-state index is 10.7. The molecule has 1 rings (SSSR count). The Morgan fingerprint density at radius 3 is 2.35 bits per heavy atom. The van der Waals surface area contributed by atoms with E-state index >= 15 is 0 Å². The topological polar surface area (TPSA) is 53.4 Å². The molecule has 0 aromatic carbocycles. The van der Waals surface area contributed by atoms with Crippen molar-refractivity contribution in [2.45, 2.75) is 33.2 Å². The summed E-state index contributed by atoms with van der Waals surface area (Å²) in [5.41, 5.74) is 1.17. The van der Waals surface area contributed by atoms with E-state index in [-0.39, 0.29) is 5.69 Å². The van der Waals surface area contributed by atoms with Gasteiger partial charge in [0.05, 0.1) is 0 Å². The van der Waals surface area contributed by atoms with Crippen LogP contribution in [0.5, 0.6) is 0 Å². The lowest BCUT2D eigenvalue weighted by molar-refractivity contribution is 0.0690. The first kappa shape index (κ1) is 13.6. The van der Waals surface area contributed by atoms with Gasteiger partial charge >= 0.3 is 5.97 Å². The summed E-state index contributed by atoms with van der Waals surface area (Å²) >= 11 is 0. The number of nitrogens with zero attached hydrogens (tertiary/aromatic N) is 2. The van der Waals surface area contributed by atoms with Crippen molar-refractivity contribution >= 4 is 5.97 Å². The van der Waals surface area contributed by atoms with E-state index in [1.165, 1.54) is 0 Å². The predicted octanol–water partition coefficient (Wildman–Crippen LogP) is 2.40. The Bertz CT molecular complexity index is 343. The zero-order valence-corrected chi connectivity index (χ0v) is 10.5. The van der Waals surface area contributed by atoms with Gasteiger partial charge in [-0.2, -0.15) is 0 Å². The molecule has 0 unspecified atom stereocenters. The minimum Gasteiger partial charge on any atom is -0.477 e. The SMILES string of the molecule is CCCN(CCC)Cc1ccc(C(=O)O)nc1. The van der Waals surface area contributed by atoms with Gasteiger partial charge in [0.25, 0.3) is 0 Å². The summed E-state index contributed by atoms with van der Waals surface area (Å²) in [5, 5.41) is 8.75. The zero-order chi connectivity index (χ0) is 12.7. The molecule has 1 N–H and O–H groups in total. The number of carbonyl (C=O) groups is 1. The van der Waals surface area contributed by atoms with E-state index in [2.05, 4.69) is 23.7 Å². The number of hydrogen-bond acceptors (Lipinski definition) is 3. The van der Waals surface area contributed by atoms with E-state index < -0.39 is 5.97 Å². The number of rotatable bonds is 7. The summed E-state index contributed by atoms with van der Waals surface area (Å²) in [4.78, 5) is 17.0.